The molecule has 1 aromatic carbocycles. The van der Waals surface area contributed by atoms with E-state index in [1.165, 1.54) is 17.4 Å². The van der Waals surface area contributed by atoms with Crippen LogP contribution in [0.1, 0.15) is 16.9 Å². The lowest BCUT2D eigenvalue weighted by atomic mass is 10.2. The van der Waals surface area contributed by atoms with Crippen LogP contribution >= 0.6 is 22.9 Å². The molecule has 10 heteroatoms. The number of carbonyl (C=O) groups is 1. The van der Waals surface area contributed by atoms with Gasteiger partial charge in [0.25, 0.3) is 10.0 Å². The molecule has 1 N–H and O–H groups in total. The summed E-state index contributed by atoms with van der Waals surface area (Å²) in [7, 11) is -3.77. The molecule has 27 heavy (non-hydrogen) atoms. The summed E-state index contributed by atoms with van der Waals surface area (Å²) in [6.07, 6.45) is 3.06. The molecule has 7 nitrogen and oxygen atoms in total. The first-order chi connectivity index (χ1) is 12.9. The molecular formula is C17H20ClN3O4S2. The summed E-state index contributed by atoms with van der Waals surface area (Å²) in [5, 5.41) is 0.679. The van der Waals surface area contributed by atoms with Crippen molar-refractivity contribution >= 4 is 44.0 Å². The fraction of sp³-hybridized carbons (Fsp3) is 0.412. The number of amides is 1. The zero-order chi connectivity index (χ0) is 19.4. The molecule has 3 rings (SSSR count). The maximum Gasteiger partial charge on any atom is 0.263 e. The van der Waals surface area contributed by atoms with Crippen LogP contribution in [0, 0.1) is 6.92 Å². The van der Waals surface area contributed by atoms with Crippen LogP contribution in [0.4, 0.5) is 5.13 Å². The molecule has 0 bridgehead atoms. The smallest absolute Gasteiger partial charge is 0.263 e. The minimum Gasteiger partial charge on any atom is -0.372 e. The van der Waals surface area contributed by atoms with Crippen molar-refractivity contribution in [2.75, 3.05) is 31.0 Å². The van der Waals surface area contributed by atoms with Gasteiger partial charge in [-0.2, -0.15) is 0 Å². The highest BCUT2D eigenvalue weighted by atomic mass is 35.5. The van der Waals surface area contributed by atoms with Crippen molar-refractivity contribution in [2.24, 2.45) is 0 Å². The average Bonchev–Trinajstić information content (AvgIpc) is 2.95. The van der Waals surface area contributed by atoms with Gasteiger partial charge in [-0.15, -0.1) is 11.3 Å². The monoisotopic (exact) mass is 429 g/mol. The van der Waals surface area contributed by atoms with Crippen molar-refractivity contribution in [1.29, 1.82) is 0 Å². The molecule has 1 saturated heterocycles. The number of halogens is 1. The third-order valence-electron chi connectivity index (χ3n) is 4.21. The van der Waals surface area contributed by atoms with Crippen molar-refractivity contribution in [3.8, 4) is 0 Å². The van der Waals surface area contributed by atoms with Crippen LogP contribution in [0.5, 0.6) is 0 Å². The Morgan fingerprint density at radius 3 is 3.04 bits per heavy atom. The van der Waals surface area contributed by atoms with Crippen LogP contribution in [0.15, 0.2) is 29.3 Å². The molecule has 0 radical (unpaired) electrons. The Morgan fingerprint density at radius 2 is 2.22 bits per heavy atom. The molecule has 1 amide bonds. The van der Waals surface area contributed by atoms with Gasteiger partial charge >= 0.3 is 0 Å². The summed E-state index contributed by atoms with van der Waals surface area (Å²) < 4.78 is 32.9. The Morgan fingerprint density at radius 1 is 1.41 bits per heavy atom. The Hall–Kier alpha value is -1.68. The molecule has 0 saturated carbocycles. The molecular weight excluding hydrogens is 410 g/mol. The number of nitrogens with zero attached hydrogens (tertiary/aromatic N) is 2. The Kier molecular flexibility index (Phi) is 6.36. The first kappa shape index (κ1) is 20.1. The van der Waals surface area contributed by atoms with Gasteiger partial charge in [0.1, 0.15) is 6.61 Å². The number of hydrogen-bond donors (Lipinski definition) is 1. The van der Waals surface area contributed by atoms with Crippen molar-refractivity contribution in [3.05, 3.63) is 39.9 Å². The standard InChI is InChI=1S/C17H20ClN3O4S2/c1-12-14(18)4-2-5-15(12)27(23,24)20-17-19-10-13(26-17)6-8-21-7-3-9-25-11-16(21)22/h2,4-5,10H,3,6-9,11H2,1H3,(H,19,20). The molecule has 0 spiro atoms. The Labute approximate surface area is 167 Å². The van der Waals surface area contributed by atoms with Crippen LogP contribution in [-0.2, 0) is 26.0 Å². The Balaban J connectivity index is 1.65. The second kappa shape index (κ2) is 8.55. The maximum absolute atomic E-state index is 12.6. The molecule has 146 valence electrons. The summed E-state index contributed by atoms with van der Waals surface area (Å²) in [6, 6.07) is 4.75. The van der Waals surface area contributed by atoms with E-state index in [1.807, 2.05) is 0 Å². The van der Waals surface area contributed by atoms with E-state index >= 15 is 0 Å². The van der Waals surface area contributed by atoms with E-state index in [0.717, 1.165) is 11.3 Å². The number of rotatable bonds is 6. The summed E-state index contributed by atoms with van der Waals surface area (Å²) in [5.41, 5.74) is 0.491. The number of anilines is 1. The van der Waals surface area contributed by atoms with Crippen LogP contribution in [-0.4, -0.2) is 50.5 Å². The number of hydrogen-bond acceptors (Lipinski definition) is 6. The lowest BCUT2D eigenvalue weighted by Crippen LogP contribution is -2.34. The minimum atomic E-state index is -3.77. The summed E-state index contributed by atoms with van der Waals surface area (Å²) >= 11 is 7.28. The first-order valence-corrected chi connectivity index (χ1v) is 11.1. The van der Waals surface area contributed by atoms with Crippen LogP contribution in [0.3, 0.4) is 0 Å². The van der Waals surface area contributed by atoms with Gasteiger partial charge in [0.2, 0.25) is 5.91 Å². The average molecular weight is 430 g/mol. The number of aromatic nitrogens is 1. The fourth-order valence-electron chi connectivity index (χ4n) is 2.73. The van der Waals surface area contributed by atoms with Gasteiger partial charge in [0.05, 0.1) is 4.90 Å². The molecule has 1 aliphatic heterocycles. The summed E-state index contributed by atoms with van der Waals surface area (Å²) in [5.74, 6) is -0.0191. The van der Waals surface area contributed by atoms with E-state index in [4.69, 9.17) is 16.3 Å². The van der Waals surface area contributed by atoms with Gasteiger partial charge in [0.15, 0.2) is 5.13 Å². The summed E-state index contributed by atoms with van der Waals surface area (Å²) in [4.78, 5) is 18.9. The van der Waals surface area contributed by atoms with E-state index < -0.39 is 10.0 Å². The van der Waals surface area contributed by atoms with E-state index in [1.54, 1.807) is 30.2 Å². The van der Waals surface area contributed by atoms with Gasteiger partial charge in [-0.25, -0.2) is 13.4 Å². The van der Waals surface area contributed by atoms with E-state index in [-0.39, 0.29) is 22.5 Å². The quantitative estimate of drug-likeness (QED) is 0.762. The van der Waals surface area contributed by atoms with Gasteiger partial charge < -0.3 is 9.64 Å². The maximum atomic E-state index is 12.6. The molecule has 0 unspecified atom stereocenters. The summed E-state index contributed by atoms with van der Waals surface area (Å²) in [6.45, 7) is 3.60. The predicted octanol–water partition coefficient (Wildman–Crippen LogP) is 2.70. The van der Waals surface area contributed by atoms with Crippen LogP contribution < -0.4 is 4.72 Å². The third kappa shape index (κ3) is 4.98. The number of thiazole rings is 1. The number of ether oxygens (including phenoxy) is 1. The molecule has 2 aromatic rings. The highest BCUT2D eigenvalue weighted by Gasteiger charge is 2.20. The number of sulfonamides is 1. The first-order valence-electron chi connectivity index (χ1n) is 8.45. The topological polar surface area (TPSA) is 88.6 Å². The lowest BCUT2D eigenvalue weighted by molar-refractivity contribution is -0.133. The van der Waals surface area contributed by atoms with E-state index in [9.17, 15) is 13.2 Å². The molecule has 1 fully saturated rings. The lowest BCUT2D eigenvalue weighted by Gasteiger charge is -2.18. The Bertz CT molecular complexity index is 930. The highest BCUT2D eigenvalue weighted by molar-refractivity contribution is 7.93. The predicted molar refractivity (Wildman–Crippen MR) is 105 cm³/mol. The molecule has 0 atom stereocenters. The van der Waals surface area contributed by atoms with Crippen molar-refractivity contribution in [2.45, 2.75) is 24.7 Å². The van der Waals surface area contributed by atoms with Crippen LogP contribution in [0.25, 0.3) is 0 Å². The number of nitrogens with one attached hydrogen (secondary N) is 1. The minimum absolute atomic E-state index is 0.0191. The van der Waals surface area contributed by atoms with Crippen LogP contribution in [0.2, 0.25) is 5.02 Å². The molecule has 2 heterocycles. The zero-order valence-corrected chi connectivity index (χ0v) is 17.2. The van der Waals surface area contributed by atoms with Gasteiger partial charge in [-0.1, -0.05) is 17.7 Å². The van der Waals surface area contributed by atoms with Gasteiger partial charge in [-0.05, 0) is 31.0 Å². The molecule has 1 aliphatic rings. The molecule has 1 aromatic heterocycles. The number of benzene rings is 1. The van der Waals surface area contributed by atoms with Crippen molar-refractivity contribution in [1.82, 2.24) is 9.88 Å². The largest absolute Gasteiger partial charge is 0.372 e. The fourth-order valence-corrected chi connectivity index (χ4v) is 5.28. The highest BCUT2D eigenvalue weighted by Crippen LogP contribution is 2.26. The molecule has 0 aliphatic carbocycles. The number of carbonyl (C=O) groups excluding carboxylic acids is 1. The van der Waals surface area contributed by atoms with Gasteiger partial charge in [0, 0.05) is 42.2 Å². The normalized spacial score (nSPS) is 15.6. The van der Waals surface area contributed by atoms with E-state index in [2.05, 4.69) is 9.71 Å². The van der Waals surface area contributed by atoms with E-state index in [0.29, 0.717) is 36.7 Å². The van der Waals surface area contributed by atoms with Crippen molar-refractivity contribution in [3.63, 3.8) is 0 Å². The SMILES string of the molecule is Cc1c(Cl)cccc1S(=O)(=O)Nc1ncc(CCN2CCCOCC2=O)s1. The third-order valence-corrected chi connectivity index (χ3v) is 7.20. The van der Waals surface area contributed by atoms with Gasteiger partial charge in [-0.3, -0.25) is 9.52 Å². The van der Waals surface area contributed by atoms with Crippen molar-refractivity contribution < 1.29 is 17.9 Å². The second-order valence-electron chi connectivity index (χ2n) is 6.14. The second-order valence-corrected chi connectivity index (χ2v) is 9.31. The zero-order valence-electron chi connectivity index (χ0n) is 14.8.